The van der Waals surface area contributed by atoms with Crippen LogP contribution in [0.5, 0.6) is 5.75 Å². The van der Waals surface area contributed by atoms with Crippen LogP contribution in [0.25, 0.3) is 5.76 Å². The fraction of sp³-hybridized carbons (Fsp3) is 0.111. The molecule has 2 aromatic carbocycles. The number of aliphatic hydroxyl groups excluding tert-OH is 1. The topological polar surface area (TPSA) is 75.6 Å². The maximum absolute atomic E-state index is 14.1. The number of rotatable bonds is 3. The number of Topliss-reactive ketones (excluding diaryl/α,β-unsaturated/α-hetero) is 1. The lowest BCUT2D eigenvalue weighted by atomic mass is 9.95. The van der Waals surface area contributed by atoms with E-state index in [1.165, 1.54) is 25.3 Å². The van der Waals surface area contributed by atoms with E-state index in [1.54, 1.807) is 30.3 Å². The van der Waals surface area contributed by atoms with E-state index in [1.807, 2.05) is 0 Å². The molecule has 0 spiro atoms. The number of hydrogen-bond donors (Lipinski definition) is 2. The third kappa shape index (κ3) is 2.62. The van der Waals surface area contributed by atoms with Crippen LogP contribution in [0.3, 0.4) is 0 Å². The molecule has 0 bridgehead atoms. The van der Waals surface area contributed by atoms with Crippen LogP contribution in [0.4, 0.5) is 4.39 Å². The molecule has 1 atom stereocenters. The first kappa shape index (κ1) is 15.7. The molecule has 1 saturated heterocycles. The molecule has 2 aromatic rings. The average Bonchev–Trinajstić information content (AvgIpc) is 2.90. The van der Waals surface area contributed by atoms with Gasteiger partial charge >= 0.3 is 0 Å². The first-order chi connectivity index (χ1) is 11.5. The maximum atomic E-state index is 14.1. The van der Waals surface area contributed by atoms with E-state index in [9.17, 15) is 19.1 Å². The first-order valence-electron chi connectivity index (χ1n) is 7.20. The van der Waals surface area contributed by atoms with E-state index < -0.39 is 23.5 Å². The number of carbonyl (C=O) groups excluding carboxylic acids is 2. The van der Waals surface area contributed by atoms with Crippen LogP contribution in [-0.2, 0) is 9.59 Å². The van der Waals surface area contributed by atoms with Gasteiger partial charge in [-0.05, 0) is 30.3 Å². The summed E-state index contributed by atoms with van der Waals surface area (Å²) in [6.07, 6.45) is 0. The fourth-order valence-corrected chi connectivity index (χ4v) is 2.61. The number of ether oxygens (including phenoxy) is 1. The van der Waals surface area contributed by atoms with Crippen molar-refractivity contribution in [3.05, 3.63) is 71.0 Å². The molecule has 1 aliphatic rings. The second kappa shape index (κ2) is 6.16. The number of nitrogens with one attached hydrogen (secondary N) is 1. The molecule has 0 saturated carbocycles. The molecule has 1 fully saturated rings. The molecule has 0 aromatic heterocycles. The van der Waals surface area contributed by atoms with Gasteiger partial charge in [0, 0.05) is 11.1 Å². The summed E-state index contributed by atoms with van der Waals surface area (Å²) in [4.78, 5) is 23.9. The number of carbonyl (C=O) groups is 2. The molecular formula is C18H14FNO4. The van der Waals surface area contributed by atoms with Crippen LogP contribution in [0, 0.1) is 5.82 Å². The number of halogens is 1. The number of hydrogen-bond acceptors (Lipinski definition) is 4. The molecule has 1 heterocycles. The Morgan fingerprint density at radius 2 is 1.79 bits per heavy atom. The summed E-state index contributed by atoms with van der Waals surface area (Å²) in [5.74, 6) is -2.11. The molecule has 0 aliphatic carbocycles. The predicted octanol–water partition coefficient (Wildman–Crippen LogP) is 2.54. The Balaban J connectivity index is 2.11. The lowest BCUT2D eigenvalue weighted by Crippen LogP contribution is -2.21. The molecule has 6 heteroatoms. The fourth-order valence-electron chi connectivity index (χ4n) is 2.61. The van der Waals surface area contributed by atoms with Crippen molar-refractivity contribution in [1.29, 1.82) is 0 Å². The van der Waals surface area contributed by atoms with Gasteiger partial charge in [-0.25, -0.2) is 4.39 Å². The van der Waals surface area contributed by atoms with Gasteiger partial charge in [0.25, 0.3) is 11.7 Å². The van der Waals surface area contributed by atoms with Crippen LogP contribution < -0.4 is 10.1 Å². The highest BCUT2D eigenvalue weighted by atomic mass is 19.1. The molecule has 3 rings (SSSR count). The summed E-state index contributed by atoms with van der Waals surface area (Å²) in [5, 5.41) is 12.9. The summed E-state index contributed by atoms with van der Waals surface area (Å²) in [7, 11) is 1.50. The van der Waals surface area contributed by atoms with Crippen molar-refractivity contribution in [2.45, 2.75) is 6.04 Å². The van der Waals surface area contributed by atoms with Gasteiger partial charge in [-0.3, -0.25) is 9.59 Å². The van der Waals surface area contributed by atoms with Crippen molar-refractivity contribution in [3.63, 3.8) is 0 Å². The second-order valence-electron chi connectivity index (χ2n) is 5.25. The van der Waals surface area contributed by atoms with Gasteiger partial charge in [0.1, 0.15) is 17.3 Å². The maximum Gasteiger partial charge on any atom is 0.293 e. The Labute approximate surface area is 137 Å². The summed E-state index contributed by atoms with van der Waals surface area (Å²) in [6.45, 7) is 0. The average molecular weight is 327 g/mol. The smallest absolute Gasteiger partial charge is 0.293 e. The lowest BCUT2D eigenvalue weighted by molar-refractivity contribution is -0.133. The number of methoxy groups -OCH3 is 1. The zero-order valence-corrected chi connectivity index (χ0v) is 12.7. The third-order valence-corrected chi connectivity index (χ3v) is 3.85. The minimum absolute atomic E-state index is 0.117. The van der Waals surface area contributed by atoms with Gasteiger partial charge < -0.3 is 15.2 Å². The van der Waals surface area contributed by atoms with E-state index in [0.717, 1.165) is 0 Å². The van der Waals surface area contributed by atoms with Crippen molar-refractivity contribution in [3.8, 4) is 5.75 Å². The minimum Gasteiger partial charge on any atom is -0.507 e. The van der Waals surface area contributed by atoms with Crippen LogP contribution in [0.15, 0.2) is 54.1 Å². The van der Waals surface area contributed by atoms with Gasteiger partial charge in [0.05, 0.1) is 18.7 Å². The van der Waals surface area contributed by atoms with E-state index in [0.29, 0.717) is 11.3 Å². The number of benzene rings is 2. The number of aliphatic hydroxyl groups is 1. The molecule has 0 radical (unpaired) electrons. The van der Waals surface area contributed by atoms with Gasteiger partial charge in [-0.15, -0.1) is 0 Å². The van der Waals surface area contributed by atoms with E-state index in [2.05, 4.69) is 5.32 Å². The van der Waals surface area contributed by atoms with E-state index in [4.69, 9.17) is 4.74 Å². The third-order valence-electron chi connectivity index (χ3n) is 3.85. The van der Waals surface area contributed by atoms with Crippen molar-refractivity contribution >= 4 is 17.4 Å². The highest BCUT2D eigenvalue weighted by Gasteiger charge is 2.40. The highest BCUT2D eigenvalue weighted by molar-refractivity contribution is 6.46. The molecular weight excluding hydrogens is 313 g/mol. The second-order valence-corrected chi connectivity index (χ2v) is 5.25. The predicted molar refractivity (Wildman–Crippen MR) is 84.8 cm³/mol. The van der Waals surface area contributed by atoms with Crippen LogP contribution in [0.2, 0.25) is 0 Å². The Kier molecular flexibility index (Phi) is 4.04. The Morgan fingerprint density at radius 3 is 2.42 bits per heavy atom. The largest absolute Gasteiger partial charge is 0.507 e. The van der Waals surface area contributed by atoms with Crippen molar-refractivity contribution in [2.75, 3.05) is 7.11 Å². The minimum atomic E-state index is -1.03. The number of ketones is 1. The summed E-state index contributed by atoms with van der Waals surface area (Å²) in [5.41, 5.74) is 0.277. The SMILES string of the molecule is COc1ccc(C(O)=C2C(=O)C(=O)N[C@H]2c2ccccc2F)cc1. The number of amides is 1. The Hall–Kier alpha value is -3.15. The van der Waals surface area contributed by atoms with Crippen LogP contribution >= 0.6 is 0 Å². The Morgan fingerprint density at radius 1 is 1.12 bits per heavy atom. The molecule has 0 unspecified atom stereocenters. The van der Waals surface area contributed by atoms with Gasteiger partial charge in [0.2, 0.25) is 0 Å². The zero-order valence-electron chi connectivity index (χ0n) is 12.7. The van der Waals surface area contributed by atoms with Crippen LogP contribution in [0.1, 0.15) is 17.2 Å². The summed E-state index contributed by atoms with van der Waals surface area (Å²) >= 11 is 0. The monoisotopic (exact) mass is 327 g/mol. The first-order valence-corrected chi connectivity index (χ1v) is 7.20. The normalized spacial score (nSPS) is 19.2. The van der Waals surface area contributed by atoms with E-state index >= 15 is 0 Å². The van der Waals surface area contributed by atoms with E-state index in [-0.39, 0.29) is 16.9 Å². The lowest BCUT2D eigenvalue weighted by Gasteiger charge is -2.14. The molecule has 1 amide bonds. The molecule has 1 aliphatic heterocycles. The van der Waals surface area contributed by atoms with Gasteiger partial charge in [0.15, 0.2) is 0 Å². The van der Waals surface area contributed by atoms with Crippen LogP contribution in [-0.4, -0.2) is 23.9 Å². The van der Waals surface area contributed by atoms with Gasteiger partial charge in [-0.1, -0.05) is 18.2 Å². The van der Waals surface area contributed by atoms with Crippen molar-refractivity contribution in [1.82, 2.24) is 5.32 Å². The molecule has 122 valence electrons. The van der Waals surface area contributed by atoms with Crippen molar-refractivity contribution in [2.24, 2.45) is 0 Å². The summed E-state index contributed by atoms with van der Waals surface area (Å²) in [6, 6.07) is 11.1. The Bertz CT molecular complexity index is 842. The highest BCUT2D eigenvalue weighted by Crippen LogP contribution is 2.34. The van der Waals surface area contributed by atoms with Gasteiger partial charge in [-0.2, -0.15) is 0 Å². The standard InChI is InChI=1S/C18H14FNO4/c1-24-11-8-6-10(7-9-11)16(21)14-15(20-18(23)17(14)22)12-4-2-3-5-13(12)19/h2-9,15,21H,1H3,(H,20,23)/t15-/m0/s1. The molecule has 2 N–H and O–H groups in total. The summed E-state index contributed by atoms with van der Waals surface area (Å²) < 4.78 is 19.1. The quantitative estimate of drug-likeness (QED) is 0.516. The molecule has 24 heavy (non-hydrogen) atoms. The zero-order chi connectivity index (χ0) is 17.3. The molecule has 5 nitrogen and oxygen atoms in total. The van der Waals surface area contributed by atoms with Crippen molar-refractivity contribution < 1.29 is 23.8 Å².